The first-order valence-corrected chi connectivity index (χ1v) is 6.48. The van der Waals surface area contributed by atoms with E-state index >= 15 is 0 Å². The van der Waals surface area contributed by atoms with E-state index in [2.05, 4.69) is 24.8 Å². The van der Waals surface area contributed by atoms with E-state index in [1.807, 2.05) is 26.0 Å². The zero-order valence-electron chi connectivity index (χ0n) is 11.8. The zero-order chi connectivity index (χ0) is 13.5. The summed E-state index contributed by atoms with van der Waals surface area (Å²) < 4.78 is 5.85. The highest BCUT2D eigenvalue weighted by Gasteiger charge is 2.07. The Morgan fingerprint density at radius 2 is 1.72 bits per heavy atom. The molecule has 0 aliphatic heterocycles. The Kier molecular flexibility index (Phi) is 5.67. The van der Waals surface area contributed by atoms with Gasteiger partial charge in [-0.3, -0.25) is 0 Å². The molecule has 0 spiro atoms. The third kappa shape index (κ3) is 3.75. The van der Waals surface area contributed by atoms with Crippen molar-refractivity contribution < 1.29 is 4.74 Å². The average Bonchev–Trinajstić information content (AvgIpc) is 2.37. The molecular formula is C15H22N2O. The molecule has 3 heteroatoms. The summed E-state index contributed by atoms with van der Waals surface area (Å²) >= 11 is 0. The normalized spacial score (nSPS) is 10.4. The van der Waals surface area contributed by atoms with E-state index in [1.54, 1.807) is 0 Å². The second-order valence-corrected chi connectivity index (χ2v) is 4.43. The van der Waals surface area contributed by atoms with Crippen molar-refractivity contribution in [1.82, 2.24) is 4.90 Å². The number of benzene rings is 1. The molecule has 18 heavy (non-hydrogen) atoms. The minimum Gasteiger partial charge on any atom is -0.492 e. The molecule has 0 fully saturated rings. The molecular weight excluding hydrogens is 224 g/mol. The molecule has 0 atom stereocenters. The minimum absolute atomic E-state index is 0.690. The Balaban J connectivity index is 2.66. The second-order valence-electron chi connectivity index (χ2n) is 4.43. The standard InChI is InChI=1S/C15H22N2O/c1-5-17(6-2)7-8-18-15-12(3)9-14(11-16)10-13(15)4/h9-10H,5-8H2,1-4H3. The lowest BCUT2D eigenvalue weighted by Gasteiger charge is -2.19. The molecule has 98 valence electrons. The number of ether oxygens (including phenoxy) is 1. The molecule has 0 amide bonds. The van der Waals surface area contributed by atoms with Crippen LogP contribution >= 0.6 is 0 Å². The number of aryl methyl sites for hydroxylation is 2. The number of rotatable bonds is 6. The maximum atomic E-state index is 8.89. The van der Waals surface area contributed by atoms with Gasteiger partial charge in [-0.1, -0.05) is 13.8 Å². The molecule has 1 aromatic carbocycles. The number of nitrogens with zero attached hydrogens (tertiary/aromatic N) is 2. The first-order valence-electron chi connectivity index (χ1n) is 6.48. The van der Waals surface area contributed by atoms with Gasteiger partial charge in [0.05, 0.1) is 11.6 Å². The van der Waals surface area contributed by atoms with Crippen LogP contribution in [-0.4, -0.2) is 31.1 Å². The van der Waals surface area contributed by atoms with Crippen molar-refractivity contribution in [3.05, 3.63) is 28.8 Å². The van der Waals surface area contributed by atoms with Crippen molar-refractivity contribution in [3.8, 4) is 11.8 Å². The fraction of sp³-hybridized carbons (Fsp3) is 0.533. The van der Waals surface area contributed by atoms with Crippen LogP contribution in [0, 0.1) is 25.2 Å². The van der Waals surface area contributed by atoms with E-state index in [1.165, 1.54) is 0 Å². The van der Waals surface area contributed by atoms with E-state index in [9.17, 15) is 0 Å². The van der Waals surface area contributed by atoms with E-state index in [-0.39, 0.29) is 0 Å². The van der Waals surface area contributed by atoms with Crippen LogP contribution in [0.4, 0.5) is 0 Å². The molecule has 0 saturated heterocycles. The topological polar surface area (TPSA) is 36.3 Å². The van der Waals surface area contributed by atoms with E-state index < -0.39 is 0 Å². The van der Waals surface area contributed by atoms with E-state index in [4.69, 9.17) is 10.00 Å². The smallest absolute Gasteiger partial charge is 0.125 e. The fourth-order valence-electron chi connectivity index (χ4n) is 2.06. The largest absolute Gasteiger partial charge is 0.492 e. The Morgan fingerprint density at radius 1 is 1.17 bits per heavy atom. The van der Waals surface area contributed by atoms with Gasteiger partial charge in [0, 0.05) is 6.54 Å². The van der Waals surface area contributed by atoms with Crippen molar-refractivity contribution in [2.75, 3.05) is 26.2 Å². The molecule has 0 radical (unpaired) electrons. The molecule has 1 rings (SSSR count). The SMILES string of the molecule is CCN(CC)CCOc1c(C)cc(C#N)cc1C. The van der Waals surface area contributed by atoms with Crippen LogP contribution in [0.25, 0.3) is 0 Å². The summed E-state index contributed by atoms with van der Waals surface area (Å²) in [5.41, 5.74) is 2.76. The molecule has 1 aromatic rings. The molecule has 0 N–H and O–H groups in total. The van der Waals surface area contributed by atoms with Gasteiger partial charge in [-0.15, -0.1) is 0 Å². The van der Waals surface area contributed by atoms with Gasteiger partial charge in [-0.25, -0.2) is 0 Å². The Hall–Kier alpha value is -1.53. The summed E-state index contributed by atoms with van der Waals surface area (Å²) in [5.74, 6) is 0.918. The van der Waals surface area contributed by atoms with Gasteiger partial charge in [0.25, 0.3) is 0 Å². The highest BCUT2D eigenvalue weighted by Crippen LogP contribution is 2.24. The van der Waals surface area contributed by atoms with Gasteiger partial charge in [-0.05, 0) is 50.2 Å². The summed E-state index contributed by atoms with van der Waals surface area (Å²) in [6.07, 6.45) is 0. The predicted octanol–water partition coefficient (Wildman–Crippen LogP) is 2.90. The summed E-state index contributed by atoms with van der Waals surface area (Å²) in [7, 11) is 0. The number of nitriles is 1. The lowest BCUT2D eigenvalue weighted by molar-refractivity contribution is 0.221. The molecule has 0 aliphatic rings. The minimum atomic E-state index is 0.690. The molecule has 0 saturated carbocycles. The number of likely N-dealkylation sites (N-methyl/N-ethyl adjacent to an activating group) is 1. The highest BCUT2D eigenvalue weighted by atomic mass is 16.5. The summed E-state index contributed by atoms with van der Waals surface area (Å²) in [5, 5.41) is 8.89. The second kappa shape index (κ2) is 7.03. The Morgan fingerprint density at radius 3 is 2.17 bits per heavy atom. The first-order chi connectivity index (χ1) is 8.62. The quantitative estimate of drug-likeness (QED) is 0.774. The summed E-state index contributed by atoms with van der Waals surface area (Å²) in [6, 6.07) is 5.91. The van der Waals surface area contributed by atoms with Gasteiger partial charge >= 0.3 is 0 Å². The van der Waals surface area contributed by atoms with Crippen molar-refractivity contribution in [2.24, 2.45) is 0 Å². The summed E-state index contributed by atoms with van der Waals surface area (Å²) in [6.45, 7) is 12.0. The predicted molar refractivity (Wildman–Crippen MR) is 73.9 cm³/mol. The first kappa shape index (κ1) is 14.5. The zero-order valence-corrected chi connectivity index (χ0v) is 11.8. The third-order valence-electron chi connectivity index (χ3n) is 3.14. The van der Waals surface area contributed by atoms with Crippen molar-refractivity contribution in [1.29, 1.82) is 5.26 Å². The van der Waals surface area contributed by atoms with Crippen LogP contribution in [-0.2, 0) is 0 Å². The van der Waals surface area contributed by atoms with Crippen LogP contribution in [0.3, 0.4) is 0 Å². The fourth-order valence-corrected chi connectivity index (χ4v) is 2.06. The molecule has 0 bridgehead atoms. The average molecular weight is 246 g/mol. The van der Waals surface area contributed by atoms with Crippen molar-refractivity contribution in [2.45, 2.75) is 27.7 Å². The molecule has 0 heterocycles. The van der Waals surface area contributed by atoms with E-state index in [0.29, 0.717) is 12.2 Å². The van der Waals surface area contributed by atoms with Crippen molar-refractivity contribution >= 4 is 0 Å². The van der Waals surface area contributed by atoms with Crippen LogP contribution in [0.1, 0.15) is 30.5 Å². The molecule has 0 aromatic heterocycles. The van der Waals surface area contributed by atoms with Crippen LogP contribution < -0.4 is 4.74 Å². The van der Waals surface area contributed by atoms with Gasteiger partial charge in [0.15, 0.2) is 0 Å². The Labute approximate surface area is 110 Å². The number of hydrogen-bond acceptors (Lipinski definition) is 3. The maximum Gasteiger partial charge on any atom is 0.125 e. The lowest BCUT2D eigenvalue weighted by atomic mass is 10.1. The maximum absolute atomic E-state index is 8.89. The molecule has 0 unspecified atom stereocenters. The monoisotopic (exact) mass is 246 g/mol. The highest BCUT2D eigenvalue weighted by molar-refractivity contribution is 5.47. The van der Waals surface area contributed by atoms with Crippen LogP contribution in [0.5, 0.6) is 5.75 Å². The lowest BCUT2D eigenvalue weighted by Crippen LogP contribution is -2.28. The van der Waals surface area contributed by atoms with Crippen molar-refractivity contribution in [3.63, 3.8) is 0 Å². The van der Waals surface area contributed by atoms with Gasteiger partial charge in [0.2, 0.25) is 0 Å². The van der Waals surface area contributed by atoms with Gasteiger partial charge < -0.3 is 9.64 Å². The van der Waals surface area contributed by atoms with Crippen LogP contribution in [0.2, 0.25) is 0 Å². The number of hydrogen-bond donors (Lipinski definition) is 0. The van der Waals surface area contributed by atoms with Gasteiger partial charge in [-0.2, -0.15) is 5.26 Å². The third-order valence-corrected chi connectivity index (χ3v) is 3.14. The Bertz CT molecular complexity index is 408. The summed E-state index contributed by atoms with van der Waals surface area (Å²) in [4.78, 5) is 2.33. The van der Waals surface area contributed by atoms with Gasteiger partial charge in [0.1, 0.15) is 12.4 Å². The van der Waals surface area contributed by atoms with Crippen LogP contribution in [0.15, 0.2) is 12.1 Å². The van der Waals surface area contributed by atoms with E-state index in [0.717, 1.165) is 36.5 Å². The molecule has 3 nitrogen and oxygen atoms in total. The molecule has 0 aliphatic carbocycles.